The molecule has 6 aromatic rings. The predicted octanol–water partition coefficient (Wildman–Crippen LogP) is 6.23. The van der Waals surface area contributed by atoms with Crippen molar-refractivity contribution in [3.63, 3.8) is 0 Å². The second kappa shape index (κ2) is 18.3. The van der Waals surface area contributed by atoms with Crippen LogP contribution < -0.4 is 26.6 Å². The maximum atomic E-state index is 16.5. The lowest BCUT2D eigenvalue weighted by atomic mass is 9.65. The number of thiazole rings is 1. The van der Waals surface area contributed by atoms with Gasteiger partial charge in [-0.3, -0.25) is 19.3 Å². The van der Waals surface area contributed by atoms with Gasteiger partial charge in [0.05, 0.1) is 47.6 Å². The number of phenols is 1. The van der Waals surface area contributed by atoms with Gasteiger partial charge in [-0.25, -0.2) is 24.3 Å². The number of anilines is 2. The largest absolute Gasteiger partial charge is 0.508 e. The number of urea groups is 2. The fraction of sp³-hybridized carbons (Fsp3) is 0.235. The highest BCUT2D eigenvalue weighted by Gasteiger charge is 2.75. The number of rotatable bonds is 9. The molecule has 68 heavy (non-hydrogen) atoms. The van der Waals surface area contributed by atoms with Crippen LogP contribution in [0.1, 0.15) is 59.9 Å². The number of amides is 6. The van der Waals surface area contributed by atoms with Gasteiger partial charge in [-0.15, -0.1) is 0 Å². The third-order valence-electron chi connectivity index (χ3n) is 12.7. The van der Waals surface area contributed by atoms with Crippen LogP contribution in [-0.2, 0) is 34.1 Å². The van der Waals surface area contributed by atoms with E-state index in [1.165, 1.54) is 36.6 Å². The van der Waals surface area contributed by atoms with Gasteiger partial charge >= 0.3 is 24.0 Å². The number of nitrogens with zero attached hydrogens (tertiary/aromatic N) is 3. The monoisotopic (exact) mass is 931 g/mol. The van der Waals surface area contributed by atoms with E-state index in [-0.39, 0.29) is 28.7 Å². The van der Waals surface area contributed by atoms with Gasteiger partial charge in [-0.2, -0.15) is 0 Å². The number of aromatic hydroxyl groups is 1. The average Bonchev–Trinajstić information content (AvgIpc) is 3.98. The molecular weight excluding hydrogens is 887 g/mol. The Balaban J connectivity index is 1.35. The minimum atomic E-state index is -2.19. The molecule has 4 heterocycles. The molecule has 1 aromatic heterocycles. The van der Waals surface area contributed by atoms with Crippen LogP contribution in [0.3, 0.4) is 0 Å². The number of aromatic nitrogens is 1. The summed E-state index contributed by atoms with van der Waals surface area (Å²) < 4.78 is 12.3. The number of benzene rings is 5. The van der Waals surface area contributed by atoms with Crippen LogP contribution >= 0.6 is 11.3 Å². The molecular formula is C51H45N7O9S. The van der Waals surface area contributed by atoms with Gasteiger partial charge in [0, 0.05) is 5.56 Å². The summed E-state index contributed by atoms with van der Waals surface area (Å²) in [6.07, 6.45) is -0.984. The highest BCUT2D eigenvalue weighted by molar-refractivity contribution is 7.22. The van der Waals surface area contributed by atoms with E-state index in [1.54, 1.807) is 44.2 Å². The molecule has 17 heteroatoms. The van der Waals surface area contributed by atoms with Crippen LogP contribution in [-0.4, -0.2) is 76.5 Å². The van der Waals surface area contributed by atoms with Crippen molar-refractivity contribution in [3.05, 3.63) is 155 Å². The number of cyclic esters (lactones) is 1. The number of carbonyl (C=O) groups excluding carboxylic acids is 6. The van der Waals surface area contributed by atoms with E-state index >= 15 is 14.4 Å². The molecule has 5 aromatic carbocycles. The summed E-state index contributed by atoms with van der Waals surface area (Å²) in [5, 5.41) is 19.0. The van der Waals surface area contributed by atoms with Gasteiger partial charge in [0.15, 0.2) is 5.13 Å². The number of morpholine rings is 1. The van der Waals surface area contributed by atoms with Crippen molar-refractivity contribution in [1.82, 2.24) is 20.5 Å². The number of phenolic OH excluding ortho intramolecular Hbond substituents is 1. The van der Waals surface area contributed by atoms with E-state index in [0.717, 1.165) is 9.60 Å². The highest BCUT2D eigenvalue weighted by atomic mass is 32.1. The Hall–Kier alpha value is -8.07. The maximum absolute atomic E-state index is 16.5. The number of nitrogens with one attached hydrogen (secondary N) is 3. The average molecular weight is 932 g/mol. The van der Waals surface area contributed by atoms with Crippen LogP contribution in [0, 0.1) is 23.7 Å². The SMILES string of the molecule is COC(=O)[C@@H](NC(=O)N1C(=O)[C@@]2(c3cc(C#CCNC(N)=O)ccc31)[C@H](c1ccc(O)cc1)N1[C@H](c3ccccc3)[C@H](c3ccccc3)OC(=O)[C@H]1[C@@H]2C(=O)Nc1nc2ccccc2s1)C(C)C. The second-order valence-electron chi connectivity index (χ2n) is 16.9. The molecule has 1 spiro atoms. The molecule has 2 saturated heterocycles. The minimum absolute atomic E-state index is 0.0475. The molecule has 0 bridgehead atoms. The van der Waals surface area contributed by atoms with Gasteiger partial charge in [-0.1, -0.05) is 122 Å². The molecule has 3 aliphatic rings. The molecule has 0 radical (unpaired) electrons. The second-order valence-corrected chi connectivity index (χ2v) is 17.9. The van der Waals surface area contributed by atoms with E-state index in [4.69, 9.17) is 15.2 Å². The van der Waals surface area contributed by atoms with Crippen LogP contribution in [0.25, 0.3) is 10.2 Å². The number of nitrogens with two attached hydrogens (primary N) is 1. The smallest absolute Gasteiger partial charge is 0.329 e. The maximum Gasteiger partial charge on any atom is 0.329 e. The predicted molar refractivity (Wildman–Crippen MR) is 252 cm³/mol. The Morgan fingerprint density at radius 3 is 2.22 bits per heavy atom. The lowest BCUT2D eigenvalue weighted by molar-refractivity contribution is -0.177. The first-order chi connectivity index (χ1) is 32.8. The van der Waals surface area contributed by atoms with Gasteiger partial charge in [-0.05, 0) is 70.6 Å². The number of primary amides is 1. The van der Waals surface area contributed by atoms with Crippen molar-refractivity contribution in [3.8, 4) is 17.6 Å². The van der Waals surface area contributed by atoms with Crippen LogP contribution in [0.4, 0.5) is 20.4 Å². The zero-order valence-corrected chi connectivity index (χ0v) is 37.7. The lowest BCUT2D eigenvalue weighted by Crippen LogP contribution is -2.57. The molecule has 2 fully saturated rings. The molecule has 3 aliphatic heterocycles. The number of para-hydroxylation sites is 1. The van der Waals surface area contributed by atoms with Crippen molar-refractivity contribution < 1.29 is 43.3 Å². The van der Waals surface area contributed by atoms with Crippen molar-refractivity contribution in [2.24, 2.45) is 17.6 Å². The number of hydrogen-bond donors (Lipinski definition) is 5. The zero-order chi connectivity index (χ0) is 47.9. The fourth-order valence-corrected chi connectivity index (χ4v) is 10.7. The van der Waals surface area contributed by atoms with Crippen LogP contribution in [0.15, 0.2) is 127 Å². The number of carbonyl (C=O) groups is 6. The van der Waals surface area contributed by atoms with Crippen molar-refractivity contribution in [1.29, 1.82) is 0 Å². The van der Waals surface area contributed by atoms with Crippen molar-refractivity contribution in [2.75, 3.05) is 23.9 Å². The topological polar surface area (TPSA) is 223 Å². The zero-order valence-electron chi connectivity index (χ0n) is 36.9. The van der Waals surface area contributed by atoms with Crippen molar-refractivity contribution >= 4 is 68.2 Å². The summed E-state index contributed by atoms with van der Waals surface area (Å²) >= 11 is 1.20. The summed E-state index contributed by atoms with van der Waals surface area (Å²) in [6, 6.07) is 29.9. The van der Waals surface area contributed by atoms with Crippen molar-refractivity contribution in [2.45, 2.75) is 49.5 Å². The molecule has 6 N–H and O–H groups in total. The normalized spacial score (nSPS) is 22.1. The van der Waals surface area contributed by atoms with E-state index in [1.807, 2.05) is 83.8 Å². The first-order valence-corrected chi connectivity index (χ1v) is 22.6. The molecule has 344 valence electrons. The summed E-state index contributed by atoms with van der Waals surface area (Å²) in [4.78, 5) is 94.8. The fourth-order valence-electron chi connectivity index (χ4n) is 9.85. The Morgan fingerprint density at radius 2 is 1.56 bits per heavy atom. The van der Waals surface area contributed by atoms with Gasteiger partial charge < -0.3 is 36.3 Å². The van der Waals surface area contributed by atoms with Gasteiger partial charge in [0.25, 0.3) is 0 Å². The number of fused-ring (bicyclic) bond motifs is 4. The van der Waals surface area contributed by atoms with E-state index in [9.17, 15) is 19.5 Å². The third kappa shape index (κ3) is 7.82. The third-order valence-corrected chi connectivity index (χ3v) is 13.6. The highest BCUT2D eigenvalue weighted by Crippen LogP contribution is 2.66. The number of ether oxygens (including phenoxy) is 2. The van der Waals surface area contributed by atoms with E-state index < -0.39 is 83.3 Å². The first-order valence-electron chi connectivity index (χ1n) is 21.8. The number of methoxy groups -OCH3 is 1. The summed E-state index contributed by atoms with van der Waals surface area (Å²) in [6.45, 7) is 3.29. The molecule has 6 amide bonds. The van der Waals surface area contributed by atoms with Gasteiger partial charge in [0.1, 0.15) is 29.4 Å². The number of esters is 2. The molecule has 9 rings (SSSR count). The van der Waals surface area contributed by atoms with Gasteiger partial charge in [0.2, 0.25) is 11.8 Å². The number of hydrogen-bond acceptors (Lipinski definition) is 12. The Bertz CT molecular complexity index is 2990. The Kier molecular flexibility index (Phi) is 12.1. The van der Waals surface area contributed by atoms with E-state index in [2.05, 4.69) is 32.8 Å². The quantitative estimate of drug-likeness (QED) is 0.0807. The van der Waals surface area contributed by atoms with Crippen LogP contribution in [0.2, 0.25) is 0 Å². The molecule has 0 saturated carbocycles. The molecule has 0 unspecified atom stereocenters. The summed E-state index contributed by atoms with van der Waals surface area (Å²) in [7, 11) is 1.19. The molecule has 16 nitrogen and oxygen atoms in total. The van der Waals surface area contributed by atoms with E-state index in [0.29, 0.717) is 27.8 Å². The molecule has 0 aliphatic carbocycles. The Morgan fingerprint density at radius 1 is 0.882 bits per heavy atom. The number of imide groups is 1. The first kappa shape index (κ1) is 45.1. The lowest BCUT2D eigenvalue weighted by Gasteiger charge is -2.46. The Labute approximate surface area is 394 Å². The standard InChI is InChI=1S/C51H45N7O9S/c1-28(2)39(45(61)66-3)55-50(65)57-36-25-20-29(13-12-26-53-48(52)64)27-34(36)51(47(57)63)38(44(60)56-49-54-35-18-10-11-19-37(35)68-49)41-46(62)67-42(31-16-8-5-9-17-31)40(30-14-6-4-7-15-30)58(41)43(51)32-21-23-33(59)24-22-32/h4-11,14-25,27-28,38-43,59H,26H2,1-3H3,(H,55,65)(H3,52,53,64)(H,54,56,60)/t38-,39+,40-,41-,42+,43+,51-/m1/s1. The summed E-state index contributed by atoms with van der Waals surface area (Å²) in [5.74, 6) is 0.365. The molecule has 7 atom stereocenters. The minimum Gasteiger partial charge on any atom is -0.508 e. The van der Waals surface area contributed by atoms with Crippen LogP contribution in [0.5, 0.6) is 5.75 Å². The summed E-state index contributed by atoms with van der Waals surface area (Å²) in [5.41, 5.74) is 5.98.